The third-order valence-corrected chi connectivity index (χ3v) is 4.66. The van der Waals surface area contributed by atoms with Gasteiger partial charge in [0.2, 0.25) is 5.91 Å². The minimum absolute atomic E-state index is 0.0167. The van der Waals surface area contributed by atoms with E-state index < -0.39 is 0 Å². The number of hydrogen-bond donors (Lipinski definition) is 0. The normalized spacial score (nSPS) is 15.8. The summed E-state index contributed by atoms with van der Waals surface area (Å²) in [5, 5.41) is 0.727. The molecule has 114 valence electrons. The number of likely N-dealkylation sites (tertiary alicyclic amines) is 1. The highest BCUT2D eigenvalue weighted by Gasteiger charge is 2.24. The molecule has 1 heterocycles. The maximum Gasteiger partial charge on any atom is 0.223 e. The van der Waals surface area contributed by atoms with Gasteiger partial charge in [-0.2, -0.15) is 0 Å². The van der Waals surface area contributed by atoms with E-state index in [0.717, 1.165) is 42.1 Å². The number of nitrogens with zero attached hydrogens (tertiary/aromatic N) is 1. The van der Waals surface area contributed by atoms with Crippen molar-refractivity contribution in [2.75, 3.05) is 13.1 Å². The molecule has 1 aliphatic heterocycles. The highest BCUT2D eigenvalue weighted by Crippen LogP contribution is 2.33. The van der Waals surface area contributed by atoms with E-state index in [1.165, 1.54) is 0 Å². The molecule has 0 unspecified atom stereocenters. The second kappa shape index (κ2) is 6.97. The second-order valence-corrected chi connectivity index (χ2v) is 6.18. The van der Waals surface area contributed by atoms with Gasteiger partial charge in [0.05, 0.1) is 0 Å². The van der Waals surface area contributed by atoms with Crippen LogP contribution in [0.5, 0.6) is 0 Å². The topological polar surface area (TPSA) is 20.3 Å². The number of carbonyl (C=O) groups excluding carboxylic acids is 1. The van der Waals surface area contributed by atoms with Crippen LogP contribution < -0.4 is 0 Å². The van der Waals surface area contributed by atoms with Crippen LogP contribution >= 0.6 is 11.6 Å². The van der Waals surface area contributed by atoms with Gasteiger partial charge in [-0.3, -0.25) is 4.79 Å². The quantitative estimate of drug-likeness (QED) is 0.814. The molecule has 1 amide bonds. The zero-order chi connectivity index (χ0) is 15.4. The average Bonchev–Trinajstić information content (AvgIpc) is 3.09. The summed E-state index contributed by atoms with van der Waals surface area (Å²) in [6, 6.07) is 18.0. The fourth-order valence-electron chi connectivity index (χ4n) is 3.12. The lowest BCUT2D eigenvalue weighted by atomic mass is 9.88. The van der Waals surface area contributed by atoms with Crippen molar-refractivity contribution >= 4 is 17.5 Å². The molecule has 0 N–H and O–H groups in total. The van der Waals surface area contributed by atoms with Crippen molar-refractivity contribution in [1.29, 1.82) is 0 Å². The van der Waals surface area contributed by atoms with Crippen LogP contribution in [0.3, 0.4) is 0 Å². The Morgan fingerprint density at radius 2 is 1.64 bits per heavy atom. The van der Waals surface area contributed by atoms with E-state index in [0.29, 0.717) is 6.42 Å². The molecule has 2 nitrogen and oxygen atoms in total. The molecule has 1 atom stereocenters. The summed E-state index contributed by atoms with van der Waals surface area (Å²) in [4.78, 5) is 14.6. The SMILES string of the molecule is O=C(C[C@H](c1ccccc1)c1ccccc1Cl)N1CCCC1. The molecule has 1 saturated heterocycles. The van der Waals surface area contributed by atoms with Crippen LogP contribution in [0.15, 0.2) is 54.6 Å². The first kappa shape index (κ1) is 15.1. The van der Waals surface area contributed by atoms with Crippen LogP contribution in [0.1, 0.15) is 36.3 Å². The Bertz CT molecular complexity index is 635. The highest BCUT2D eigenvalue weighted by molar-refractivity contribution is 6.31. The van der Waals surface area contributed by atoms with E-state index in [2.05, 4.69) is 12.1 Å². The standard InChI is InChI=1S/C19H20ClNO/c20-18-11-5-4-10-16(18)17(15-8-2-1-3-9-15)14-19(22)21-12-6-7-13-21/h1-5,8-11,17H,6-7,12-14H2/t17-/m1/s1. The molecule has 0 spiro atoms. The number of rotatable bonds is 4. The Balaban J connectivity index is 1.90. The third kappa shape index (κ3) is 3.33. The molecule has 3 rings (SSSR count). The molecule has 0 aromatic heterocycles. The fraction of sp³-hybridized carbons (Fsp3) is 0.316. The lowest BCUT2D eigenvalue weighted by Gasteiger charge is -2.22. The number of amides is 1. The molecule has 0 saturated carbocycles. The molecule has 0 radical (unpaired) electrons. The van der Waals surface area contributed by atoms with E-state index in [-0.39, 0.29) is 11.8 Å². The van der Waals surface area contributed by atoms with Crippen LogP contribution in [-0.2, 0) is 4.79 Å². The zero-order valence-corrected chi connectivity index (χ0v) is 13.3. The van der Waals surface area contributed by atoms with Crippen molar-refractivity contribution in [3.05, 3.63) is 70.7 Å². The van der Waals surface area contributed by atoms with Crippen molar-refractivity contribution in [1.82, 2.24) is 4.90 Å². The molecular weight excluding hydrogens is 294 g/mol. The van der Waals surface area contributed by atoms with Gasteiger partial charge in [-0.1, -0.05) is 60.1 Å². The van der Waals surface area contributed by atoms with Gasteiger partial charge in [0.1, 0.15) is 0 Å². The molecule has 2 aromatic rings. The molecule has 0 aliphatic carbocycles. The first-order chi connectivity index (χ1) is 10.8. The van der Waals surface area contributed by atoms with Crippen molar-refractivity contribution in [3.63, 3.8) is 0 Å². The summed E-state index contributed by atoms with van der Waals surface area (Å²) < 4.78 is 0. The average molecular weight is 314 g/mol. The predicted molar refractivity (Wildman–Crippen MR) is 90.2 cm³/mol. The minimum atomic E-state index is 0.0167. The Hall–Kier alpha value is -1.80. The number of carbonyl (C=O) groups is 1. The van der Waals surface area contributed by atoms with Gasteiger partial charge in [0.25, 0.3) is 0 Å². The van der Waals surface area contributed by atoms with Crippen LogP contribution in [0.4, 0.5) is 0 Å². The molecular formula is C19H20ClNO. The van der Waals surface area contributed by atoms with Crippen LogP contribution in [-0.4, -0.2) is 23.9 Å². The Labute approximate surface area is 136 Å². The second-order valence-electron chi connectivity index (χ2n) is 5.78. The maximum absolute atomic E-state index is 12.6. The smallest absolute Gasteiger partial charge is 0.223 e. The summed E-state index contributed by atoms with van der Waals surface area (Å²) >= 11 is 6.39. The third-order valence-electron chi connectivity index (χ3n) is 4.32. The predicted octanol–water partition coefficient (Wildman–Crippen LogP) is 4.48. The number of hydrogen-bond acceptors (Lipinski definition) is 1. The lowest BCUT2D eigenvalue weighted by molar-refractivity contribution is -0.130. The van der Waals surface area contributed by atoms with Gasteiger partial charge in [0, 0.05) is 30.5 Å². The Morgan fingerprint density at radius 3 is 2.32 bits per heavy atom. The van der Waals surface area contributed by atoms with E-state index in [4.69, 9.17) is 11.6 Å². The number of halogens is 1. The van der Waals surface area contributed by atoms with Crippen LogP contribution in [0.2, 0.25) is 5.02 Å². The molecule has 22 heavy (non-hydrogen) atoms. The molecule has 1 aliphatic rings. The van der Waals surface area contributed by atoms with Crippen molar-refractivity contribution in [2.24, 2.45) is 0 Å². The van der Waals surface area contributed by atoms with E-state index in [9.17, 15) is 4.79 Å². The monoisotopic (exact) mass is 313 g/mol. The summed E-state index contributed by atoms with van der Waals surface area (Å²) in [6.07, 6.45) is 2.72. The van der Waals surface area contributed by atoms with Crippen molar-refractivity contribution in [3.8, 4) is 0 Å². The molecule has 2 aromatic carbocycles. The minimum Gasteiger partial charge on any atom is -0.343 e. The number of benzene rings is 2. The van der Waals surface area contributed by atoms with Crippen molar-refractivity contribution < 1.29 is 4.79 Å². The van der Waals surface area contributed by atoms with Gasteiger partial charge >= 0.3 is 0 Å². The fourth-order valence-corrected chi connectivity index (χ4v) is 3.39. The summed E-state index contributed by atoms with van der Waals surface area (Å²) in [6.45, 7) is 1.78. The summed E-state index contributed by atoms with van der Waals surface area (Å²) in [5.41, 5.74) is 2.17. The molecule has 3 heteroatoms. The highest BCUT2D eigenvalue weighted by atomic mass is 35.5. The van der Waals surface area contributed by atoms with Gasteiger partial charge in [0.15, 0.2) is 0 Å². The maximum atomic E-state index is 12.6. The van der Waals surface area contributed by atoms with Crippen LogP contribution in [0, 0.1) is 0 Å². The van der Waals surface area contributed by atoms with E-state index in [1.54, 1.807) is 0 Å². The molecule has 1 fully saturated rings. The Morgan fingerprint density at radius 1 is 1.00 bits per heavy atom. The van der Waals surface area contributed by atoms with Gasteiger partial charge < -0.3 is 4.90 Å². The largest absolute Gasteiger partial charge is 0.343 e. The van der Waals surface area contributed by atoms with Gasteiger partial charge in [-0.25, -0.2) is 0 Å². The molecule has 0 bridgehead atoms. The Kier molecular flexibility index (Phi) is 4.79. The first-order valence-electron chi connectivity index (χ1n) is 7.83. The van der Waals surface area contributed by atoms with E-state index in [1.807, 2.05) is 47.4 Å². The van der Waals surface area contributed by atoms with Gasteiger partial charge in [-0.15, -0.1) is 0 Å². The lowest BCUT2D eigenvalue weighted by Crippen LogP contribution is -2.29. The van der Waals surface area contributed by atoms with E-state index >= 15 is 0 Å². The van der Waals surface area contributed by atoms with Gasteiger partial charge in [-0.05, 0) is 30.0 Å². The summed E-state index contributed by atoms with van der Waals surface area (Å²) in [5.74, 6) is 0.245. The van der Waals surface area contributed by atoms with Crippen LogP contribution in [0.25, 0.3) is 0 Å². The summed E-state index contributed by atoms with van der Waals surface area (Å²) in [7, 11) is 0. The first-order valence-corrected chi connectivity index (χ1v) is 8.20. The zero-order valence-electron chi connectivity index (χ0n) is 12.5. The van der Waals surface area contributed by atoms with Crippen molar-refractivity contribution in [2.45, 2.75) is 25.2 Å².